The molecule has 88 valence electrons. The molecule has 0 radical (unpaired) electrons. The maximum atomic E-state index is 10.5. The topological polar surface area (TPSA) is 68.0 Å². The first-order valence-electron chi connectivity index (χ1n) is 5.50. The summed E-state index contributed by atoms with van der Waals surface area (Å²) < 4.78 is 2.07. The van der Waals surface area contributed by atoms with E-state index in [2.05, 4.69) is 21.7 Å². The molecule has 1 aromatic heterocycles. The number of hydrogen-bond donors (Lipinski definition) is 1. The van der Waals surface area contributed by atoms with Gasteiger partial charge in [-0.05, 0) is 19.3 Å². The van der Waals surface area contributed by atoms with Crippen LogP contribution in [0.3, 0.4) is 0 Å². The average Bonchev–Trinajstić information content (AvgIpc) is 3.00. The Hall–Kier alpha value is -1.04. The van der Waals surface area contributed by atoms with Crippen LogP contribution in [0.25, 0.3) is 0 Å². The largest absolute Gasteiger partial charge is 0.481 e. The number of rotatable bonds is 6. The van der Waals surface area contributed by atoms with Crippen LogP contribution in [0.4, 0.5) is 0 Å². The van der Waals surface area contributed by atoms with E-state index in [0.717, 1.165) is 23.9 Å². The highest BCUT2D eigenvalue weighted by Gasteiger charge is 2.30. The zero-order valence-electron chi connectivity index (χ0n) is 9.22. The van der Waals surface area contributed by atoms with Gasteiger partial charge in [0.05, 0.1) is 5.75 Å². The molecule has 0 atom stereocenters. The third kappa shape index (κ3) is 2.55. The quantitative estimate of drug-likeness (QED) is 0.768. The number of nitrogens with zero attached hydrogens (tertiary/aromatic N) is 3. The minimum Gasteiger partial charge on any atom is -0.481 e. The van der Waals surface area contributed by atoms with Crippen molar-refractivity contribution in [3.8, 4) is 0 Å². The smallest absolute Gasteiger partial charge is 0.313 e. The Balaban J connectivity index is 2.12. The average molecular weight is 241 g/mol. The lowest BCUT2D eigenvalue weighted by Gasteiger charge is -2.06. The Morgan fingerprint density at radius 3 is 2.88 bits per heavy atom. The number of carbonyl (C=O) groups is 1. The third-order valence-electron chi connectivity index (χ3n) is 2.46. The molecule has 2 rings (SSSR count). The predicted molar refractivity (Wildman–Crippen MR) is 60.6 cm³/mol. The Morgan fingerprint density at radius 1 is 1.56 bits per heavy atom. The number of aliphatic carboxylic acids is 1. The molecule has 0 spiro atoms. The monoisotopic (exact) mass is 241 g/mol. The van der Waals surface area contributed by atoms with Gasteiger partial charge in [0.2, 0.25) is 0 Å². The van der Waals surface area contributed by atoms with E-state index >= 15 is 0 Å². The molecular weight excluding hydrogens is 226 g/mol. The summed E-state index contributed by atoms with van der Waals surface area (Å²) in [6.07, 6.45) is 3.38. The second-order valence-electron chi connectivity index (χ2n) is 3.95. The summed E-state index contributed by atoms with van der Waals surface area (Å²) in [7, 11) is 0. The third-order valence-corrected chi connectivity index (χ3v) is 3.41. The Morgan fingerprint density at radius 2 is 2.31 bits per heavy atom. The van der Waals surface area contributed by atoms with Crippen molar-refractivity contribution >= 4 is 17.7 Å². The van der Waals surface area contributed by atoms with E-state index in [-0.39, 0.29) is 5.75 Å². The van der Waals surface area contributed by atoms with Crippen LogP contribution >= 0.6 is 11.8 Å². The highest BCUT2D eigenvalue weighted by atomic mass is 32.2. The van der Waals surface area contributed by atoms with Gasteiger partial charge in [0, 0.05) is 12.5 Å². The van der Waals surface area contributed by atoms with Crippen LogP contribution in [-0.2, 0) is 11.3 Å². The standard InChI is InChI=1S/C10H15N3O2S/c1-2-5-13-9(7-3-4-7)11-12-10(13)16-6-8(14)15/h7H,2-6H2,1H3,(H,14,15). The summed E-state index contributed by atoms with van der Waals surface area (Å²) in [5.74, 6) is 0.823. The fourth-order valence-corrected chi connectivity index (χ4v) is 2.30. The van der Waals surface area contributed by atoms with E-state index in [1.54, 1.807) is 0 Å². The van der Waals surface area contributed by atoms with Gasteiger partial charge in [0.1, 0.15) is 5.82 Å². The van der Waals surface area contributed by atoms with Crippen LogP contribution in [0.1, 0.15) is 37.9 Å². The summed E-state index contributed by atoms with van der Waals surface area (Å²) in [6.45, 7) is 2.98. The lowest BCUT2D eigenvalue weighted by molar-refractivity contribution is -0.133. The number of hydrogen-bond acceptors (Lipinski definition) is 4. The predicted octanol–water partition coefficient (Wildman–Crippen LogP) is 1.74. The molecule has 16 heavy (non-hydrogen) atoms. The molecule has 0 bridgehead atoms. The van der Waals surface area contributed by atoms with Crippen molar-refractivity contribution in [1.82, 2.24) is 14.8 Å². The Labute approximate surface area is 98.3 Å². The highest BCUT2D eigenvalue weighted by molar-refractivity contribution is 7.99. The highest BCUT2D eigenvalue weighted by Crippen LogP contribution is 2.40. The van der Waals surface area contributed by atoms with Crippen LogP contribution in [0.15, 0.2) is 5.16 Å². The normalized spacial score (nSPS) is 15.3. The van der Waals surface area contributed by atoms with Gasteiger partial charge in [-0.15, -0.1) is 10.2 Å². The van der Waals surface area contributed by atoms with Gasteiger partial charge in [-0.3, -0.25) is 4.79 Å². The summed E-state index contributed by atoms with van der Waals surface area (Å²) >= 11 is 1.25. The summed E-state index contributed by atoms with van der Waals surface area (Å²) in [6, 6.07) is 0. The molecule has 1 saturated carbocycles. The molecule has 1 aliphatic rings. The summed E-state index contributed by atoms with van der Waals surface area (Å²) in [5, 5.41) is 17.6. The van der Waals surface area contributed by atoms with Crippen LogP contribution in [0.2, 0.25) is 0 Å². The van der Waals surface area contributed by atoms with Crippen LogP contribution in [0, 0.1) is 0 Å². The van der Waals surface area contributed by atoms with Gasteiger partial charge >= 0.3 is 5.97 Å². The van der Waals surface area contributed by atoms with E-state index in [0.29, 0.717) is 5.92 Å². The molecule has 5 nitrogen and oxygen atoms in total. The maximum Gasteiger partial charge on any atom is 0.313 e. The first-order chi connectivity index (χ1) is 7.72. The number of carboxylic acids is 1. The molecular formula is C10H15N3O2S. The molecule has 0 saturated heterocycles. The number of carboxylic acid groups (broad SMARTS) is 1. The molecule has 0 aromatic carbocycles. The Bertz CT molecular complexity index is 387. The molecule has 1 aliphatic carbocycles. The van der Waals surface area contributed by atoms with Crippen molar-refractivity contribution in [2.45, 2.75) is 43.8 Å². The van der Waals surface area contributed by atoms with Crippen molar-refractivity contribution in [1.29, 1.82) is 0 Å². The number of thioether (sulfide) groups is 1. The van der Waals surface area contributed by atoms with Gasteiger partial charge in [0.15, 0.2) is 5.16 Å². The van der Waals surface area contributed by atoms with E-state index in [4.69, 9.17) is 5.11 Å². The molecule has 6 heteroatoms. The van der Waals surface area contributed by atoms with E-state index in [1.165, 1.54) is 24.6 Å². The number of aromatic nitrogens is 3. The van der Waals surface area contributed by atoms with Crippen molar-refractivity contribution in [3.05, 3.63) is 5.82 Å². The van der Waals surface area contributed by atoms with Crippen LogP contribution in [-0.4, -0.2) is 31.6 Å². The van der Waals surface area contributed by atoms with Gasteiger partial charge in [-0.25, -0.2) is 0 Å². The second kappa shape index (κ2) is 4.86. The lowest BCUT2D eigenvalue weighted by Crippen LogP contribution is -2.05. The van der Waals surface area contributed by atoms with Gasteiger partial charge < -0.3 is 9.67 Å². The van der Waals surface area contributed by atoms with Crippen molar-refractivity contribution < 1.29 is 9.90 Å². The summed E-state index contributed by atoms with van der Waals surface area (Å²) in [5.41, 5.74) is 0. The molecule has 1 fully saturated rings. The van der Waals surface area contributed by atoms with E-state index in [1.807, 2.05) is 0 Å². The van der Waals surface area contributed by atoms with Crippen LogP contribution in [0.5, 0.6) is 0 Å². The fraction of sp³-hybridized carbons (Fsp3) is 0.700. The first-order valence-corrected chi connectivity index (χ1v) is 6.48. The minimum absolute atomic E-state index is 0.0481. The van der Waals surface area contributed by atoms with Gasteiger partial charge in [-0.1, -0.05) is 18.7 Å². The molecule has 0 aliphatic heterocycles. The lowest BCUT2D eigenvalue weighted by atomic mass is 10.4. The molecule has 0 unspecified atom stereocenters. The molecule has 1 heterocycles. The zero-order chi connectivity index (χ0) is 11.5. The Kier molecular flexibility index (Phi) is 3.48. The van der Waals surface area contributed by atoms with E-state index in [9.17, 15) is 4.79 Å². The minimum atomic E-state index is -0.816. The summed E-state index contributed by atoms with van der Waals surface area (Å²) in [4.78, 5) is 10.5. The molecule has 1 aromatic rings. The second-order valence-corrected chi connectivity index (χ2v) is 4.89. The fourth-order valence-electron chi connectivity index (χ4n) is 1.61. The van der Waals surface area contributed by atoms with Gasteiger partial charge in [-0.2, -0.15) is 0 Å². The molecule has 1 N–H and O–H groups in total. The van der Waals surface area contributed by atoms with Crippen molar-refractivity contribution in [2.75, 3.05) is 5.75 Å². The molecule has 0 amide bonds. The van der Waals surface area contributed by atoms with E-state index < -0.39 is 5.97 Å². The zero-order valence-corrected chi connectivity index (χ0v) is 10.0. The SMILES string of the molecule is CCCn1c(SCC(=O)O)nnc1C1CC1. The van der Waals surface area contributed by atoms with Gasteiger partial charge in [0.25, 0.3) is 0 Å². The first kappa shape index (κ1) is 11.4. The van der Waals surface area contributed by atoms with Crippen molar-refractivity contribution in [3.63, 3.8) is 0 Å². The maximum absolute atomic E-state index is 10.5. The van der Waals surface area contributed by atoms with Crippen molar-refractivity contribution in [2.24, 2.45) is 0 Å². The van der Waals surface area contributed by atoms with Crippen LogP contribution < -0.4 is 0 Å².